The smallest absolute Gasteiger partial charge is 0.253 e. The van der Waals surface area contributed by atoms with Crippen LogP contribution in [0.15, 0.2) is 79.1 Å². The molecule has 122 valence electrons. The van der Waals surface area contributed by atoms with Crippen LogP contribution in [0.1, 0.15) is 27.8 Å². The Morgan fingerprint density at radius 1 is 0.960 bits per heavy atom. The van der Waals surface area contributed by atoms with E-state index in [0.717, 1.165) is 16.6 Å². The second kappa shape index (κ2) is 6.57. The zero-order valence-corrected chi connectivity index (χ0v) is 13.4. The van der Waals surface area contributed by atoms with Crippen molar-refractivity contribution in [3.05, 3.63) is 96.1 Å². The quantitative estimate of drug-likeness (QED) is 0.602. The summed E-state index contributed by atoms with van der Waals surface area (Å²) in [4.78, 5) is 24.6. The highest BCUT2D eigenvalue weighted by atomic mass is 16.1. The van der Waals surface area contributed by atoms with Gasteiger partial charge in [0.25, 0.3) is 5.91 Å². The maximum atomic E-state index is 12.6. The third-order valence-electron chi connectivity index (χ3n) is 4.01. The number of aromatic nitrogens is 3. The van der Waals surface area contributed by atoms with Crippen molar-refractivity contribution in [2.24, 2.45) is 0 Å². The van der Waals surface area contributed by atoms with Crippen LogP contribution in [-0.2, 0) is 0 Å². The summed E-state index contributed by atoms with van der Waals surface area (Å²) in [6.07, 6.45) is 3.20. The minimum Gasteiger partial charge on any atom is -0.340 e. The lowest BCUT2D eigenvalue weighted by Crippen LogP contribution is -2.30. The zero-order chi connectivity index (χ0) is 17.1. The largest absolute Gasteiger partial charge is 0.340 e. The first kappa shape index (κ1) is 15.1. The summed E-state index contributed by atoms with van der Waals surface area (Å²) >= 11 is 0. The summed E-state index contributed by atoms with van der Waals surface area (Å²) < 4.78 is 0. The highest BCUT2D eigenvalue weighted by Gasteiger charge is 2.21. The van der Waals surface area contributed by atoms with Crippen molar-refractivity contribution < 1.29 is 4.79 Å². The monoisotopic (exact) mass is 328 g/mol. The van der Waals surface area contributed by atoms with Crippen molar-refractivity contribution >= 4 is 16.9 Å². The average Bonchev–Trinajstić information content (AvgIpc) is 3.11. The van der Waals surface area contributed by atoms with Crippen LogP contribution in [0.5, 0.6) is 0 Å². The molecule has 0 saturated heterocycles. The third-order valence-corrected chi connectivity index (χ3v) is 4.01. The fourth-order valence-electron chi connectivity index (χ4n) is 2.78. The van der Waals surface area contributed by atoms with E-state index in [4.69, 9.17) is 0 Å². The summed E-state index contributed by atoms with van der Waals surface area (Å²) in [5.41, 5.74) is 3.28. The number of H-pyrrole nitrogens is 1. The standard InChI is InChI=1S/C20H16N4O/c25-20(15-9-6-12-21-13-15)24-18(14-7-2-1-3-8-14)19-22-16-10-4-5-11-17(16)23-19/h1-13,18H,(H,22,23)(H,24,25). The molecule has 0 aliphatic heterocycles. The third kappa shape index (κ3) is 3.12. The van der Waals surface area contributed by atoms with Crippen LogP contribution >= 0.6 is 0 Å². The number of amides is 1. The Morgan fingerprint density at radius 2 is 1.76 bits per heavy atom. The van der Waals surface area contributed by atoms with Crippen molar-refractivity contribution in [1.82, 2.24) is 20.3 Å². The van der Waals surface area contributed by atoms with E-state index >= 15 is 0 Å². The Balaban J connectivity index is 1.73. The first-order valence-electron chi connectivity index (χ1n) is 8.02. The molecule has 0 fully saturated rings. The molecule has 0 radical (unpaired) electrons. The topological polar surface area (TPSA) is 70.7 Å². The summed E-state index contributed by atoms with van der Waals surface area (Å²) in [6.45, 7) is 0. The number of hydrogen-bond acceptors (Lipinski definition) is 3. The van der Waals surface area contributed by atoms with Gasteiger partial charge in [-0.05, 0) is 29.8 Å². The molecule has 25 heavy (non-hydrogen) atoms. The van der Waals surface area contributed by atoms with E-state index in [0.29, 0.717) is 11.4 Å². The Morgan fingerprint density at radius 3 is 2.52 bits per heavy atom. The van der Waals surface area contributed by atoms with E-state index < -0.39 is 0 Å². The van der Waals surface area contributed by atoms with Gasteiger partial charge in [-0.3, -0.25) is 9.78 Å². The van der Waals surface area contributed by atoms with Gasteiger partial charge in [-0.15, -0.1) is 0 Å². The Hall–Kier alpha value is -3.47. The number of fused-ring (bicyclic) bond motifs is 1. The molecule has 2 heterocycles. The number of carbonyl (C=O) groups excluding carboxylic acids is 1. The Labute approximate surface area is 144 Å². The SMILES string of the molecule is O=C(NC(c1ccccc1)c1nc2ccccc2[nH]1)c1cccnc1. The second-order valence-corrected chi connectivity index (χ2v) is 5.70. The number of hydrogen-bond donors (Lipinski definition) is 2. The van der Waals surface area contributed by atoms with Crippen molar-refractivity contribution in [3.63, 3.8) is 0 Å². The van der Waals surface area contributed by atoms with Crippen molar-refractivity contribution in [2.75, 3.05) is 0 Å². The van der Waals surface area contributed by atoms with Crippen LogP contribution in [0.3, 0.4) is 0 Å². The first-order chi connectivity index (χ1) is 12.3. The first-order valence-corrected chi connectivity index (χ1v) is 8.02. The number of rotatable bonds is 4. The number of carbonyl (C=O) groups is 1. The van der Waals surface area contributed by atoms with Gasteiger partial charge in [0, 0.05) is 12.4 Å². The molecule has 0 aliphatic rings. The van der Waals surface area contributed by atoms with E-state index in [-0.39, 0.29) is 11.9 Å². The lowest BCUT2D eigenvalue weighted by molar-refractivity contribution is 0.0941. The van der Waals surface area contributed by atoms with Gasteiger partial charge < -0.3 is 10.3 Å². The molecule has 4 aromatic rings. The molecular formula is C20H16N4O. The van der Waals surface area contributed by atoms with Gasteiger partial charge in [-0.25, -0.2) is 4.98 Å². The minimum absolute atomic E-state index is 0.192. The van der Waals surface area contributed by atoms with Gasteiger partial charge in [0.2, 0.25) is 0 Å². The molecule has 2 aromatic heterocycles. The summed E-state index contributed by atoms with van der Waals surface area (Å²) in [7, 11) is 0. The average molecular weight is 328 g/mol. The maximum absolute atomic E-state index is 12.6. The molecule has 0 spiro atoms. The van der Waals surface area contributed by atoms with E-state index in [9.17, 15) is 4.79 Å². The molecule has 0 bridgehead atoms. The van der Waals surface area contributed by atoms with Crippen LogP contribution in [0.4, 0.5) is 0 Å². The lowest BCUT2D eigenvalue weighted by Gasteiger charge is -2.17. The molecule has 0 aliphatic carbocycles. The molecule has 5 heteroatoms. The normalized spacial score (nSPS) is 12.0. The molecule has 5 nitrogen and oxygen atoms in total. The summed E-state index contributed by atoms with van der Waals surface area (Å²) in [5, 5.41) is 3.05. The number of nitrogens with zero attached hydrogens (tertiary/aromatic N) is 2. The van der Waals surface area contributed by atoms with Crippen LogP contribution in [0.2, 0.25) is 0 Å². The van der Waals surface area contributed by atoms with Gasteiger partial charge in [-0.2, -0.15) is 0 Å². The van der Waals surface area contributed by atoms with Crippen LogP contribution < -0.4 is 5.32 Å². The van der Waals surface area contributed by atoms with Gasteiger partial charge in [0.15, 0.2) is 0 Å². The number of imidazole rings is 1. The number of nitrogens with one attached hydrogen (secondary N) is 2. The molecule has 1 atom stereocenters. The van der Waals surface area contributed by atoms with Gasteiger partial charge in [0.05, 0.1) is 16.6 Å². The predicted octanol–water partition coefficient (Wildman–Crippen LogP) is 3.48. The fourth-order valence-corrected chi connectivity index (χ4v) is 2.78. The summed E-state index contributed by atoms with van der Waals surface area (Å²) in [5.74, 6) is 0.507. The molecular weight excluding hydrogens is 312 g/mol. The number of benzene rings is 2. The van der Waals surface area contributed by atoms with E-state index in [1.54, 1.807) is 24.5 Å². The van der Waals surface area contributed by atoms with E-state index in [2.05, 4.69) is 20.3 Å². The van der Waals surface area contributed by atoms with Gasteiger partial charge >= 0.3 is 0 Å². The molecule has 4 rings (SSSR count). The number of pyridine rings is 1. The maximum Gasteiger partial charge on any atom is 0.253 e. The molecule has 2 aromatic carbocycles. The van der Waals surface area contributed by atoms with Crippen LogP contribution in [0, 0.1) is 0 Å². The van der Waals surface area contributed by atoms with E-state index in [1.807, 2.05) is 54.6 Å². The molecule has 2 N–H and O–H groups in total. The van der Waals surface area contributed by atoms with Crippen molar-refractivity contribution in [3.8, 4) is 0 Å². The number of para-hydroxylation sites is 2. The number of aromatic amines is 1. The van der Waals surface area contributed by atoms with Crippen molar-refractivity contribution in [1.29, 1.82) is 0 Å². The van der Waals surface area contributed by atoms with Crippen LogP contribution in [-0.4, -0.2) is 20.9 Å². The van der Waals surface area contributed by atoms with Gasteiger partial charge in [0.1, 0.15) is 11.9 Å². The van der Waals surface area contributed by atoms with Crippen LogP contribution in [0.25, 0.3) is 11.0 Å². The molecule has 0 saturated carbocycles. The molecule has 1 unspecified atom stereocenters. The Kier molecular flexibility index (Phi) is 3.96. The second-order valence-electron chi connectivity index (χ2n) is 5.70. The van der Waals surface area contributed by atoms with Crippen molar-refractivity contribution in [2.45, 2.75) is 6.04 Å². The highest BCUT2D eigenvalue weighted by Crippen LogP contribution is 2.23. The Bertz CT molecular complexity index is 963. The predicted molar refractivity (Wildman–Crippen MR) is 96.1 cm³/mol. The molecule has 1 amide bonds. The zero-order valence-electron chi connectivity index (χ0n) is 13.4. The van der Waals surface area contributed by atoms with Gasteiger partial charge in [-0.1, -0.05) is 42.5 Å². The lowest BCUT2D eigenvalue weighted by atomic mass is 10.1. The van der Waals surface area contributed by atoms with E-state index in [1.165, 1.54) is 0 Å². The summed E-state index contributed by atoms with van der Waals surface area (Å²) in [6, 6.07) is 20.7. The fraction of sp³-hybridized carbons (Fsp3) is 0.0500. The minimum atomic E-state index is -0.374. The highest BCUT2D eigenvalue weighted by molar-refractivity contribution is 5.94.